The number of aliphatic hydroxyl groups is 1. The third-order valence-corrected chi connectivity index (χ3v) is 2.74. The maximum atomic E-state index is 9.68. The van der Waals surface area contributed by atoms with E-state index in [1.54, 1.807) is 0 Å². The lowest BCUT2D eigenvalue weighted by Crippen LogP contribution is -2.00. The summed E-state index contributed by atoms with van der Waals surface area (Å²) >= 11 is 5.79. The molecule has 1 aromatic carbocycles. The zero-order valence-corrected chi connectivity index (χ0v) is 10.5. The Hall–Kier alpha value is -0.790. The van der Waals surface area contributed by atoms with Crippen molar-refractivity contribution in [1.29, 1.82) is 0 Å². The Labute approximate surface area is 103 Å². The van der Waals surface area contributed by atoms with Crippen LogP contribution >= 0.6 is 11.6 Å². The van der Waals surface area contributed by atoms with Gasteiger partial charge >= 0.3 is 0 Å². The van der Waals surface area contributed by atoms with E-state index in [9.17, 15) is 5.11 Å². The topological polar surface area (TPSA) is 20.2 Å². The SMILES string of the molecule is CCCCCC(O)/C=C/c1ccc(Cl)cc1. The fourth-order valence-corrected chi connectivity index (χ4v) is 1.62. The second kappa shape index (κ2) is 7.48. The van der Waals surface area contributed by atoms with E-state index in [0.29, 0.717) is 0 Å². The highest BCUT2D eigenvalue weighted by molar-refractivity contribution is 6.30. The average molecular weight is 239 g/mol. The number of unbranched alkanes of at least 4 members (excludes halogenated alkanes) is 2. The number of aliphatic hydroxyl groups excluding tert-OH is 1. The molecule has 0 aliphatic carbocycles. The number of benzene rings is 1. The van der Waals surface area contributed by atoms with Crippen molar-refractivity contribution in [2.75, 3.05) is 0 Å². The number of halogens is 1. The Kier molecular flexibility index (Phi) is 6.20. The van der Waals surface area contributed by atoms with Crippen molar-refractivity contribution in [3.63, 3.8) is 0 Å². The monoisotopic (exact) mass is 238 g/mol. The van der Waals surface area contributed by atoms with E-state index in [2.05, 4.69) is 6.92 Å². The van der Waals surface area contributed by atoms with Crippen LogP contribution in [0.25, 0.3) is 6.08 Å². The molecular formula is C14H19ClO. The van der Waals surface area contributed by atoms with E-state index in [4.69, 9.17) is 11.6 Å². The van der Waals surface area contributed by atoms with Crippen LogP contribution < -0.4 is 0 Å². The molecule has 0 heterocycles. The van der Waals surface area contributed by atoms with Crippen LogP contribution in [0, 0.1) is 0 Å². The van der Waals surface area contributed by atoms with Crippen LogP contribution in [-0.4, -0.2) is 11.2 Å². The molecule has 88 valence electrons. The van der Waals surface area contributed by atoms with Crippen molar-refractivity contribution in [2.45, 2.75) is 38.7 Å². The largest absolute Gasteiger partial charge is 0.389 e. The van der Waals surface area contributed by atoms with Gasteiger partial charge in [0.25, 0.3) is 0 Å². The predicted octanol–water partition coefficient (Wildman–Crippen LogP) is 4.29. The van der Waals surface area contributed by atoms with Crippen molar-refractivity contribution < 1.29 is 5.11 Å². The van der Waals surface area contributed by atoms with Gasteiger partial charge in [0.15, 0.2) is 0 Å². The van der Waals surface area contributed by atoms with E-state index in [1.165, 1.54) is 12.8 Å². The molecule has 1 atom stereocenters. The van der Waals surface area contributed by atoms with Crippen LogP contribution in [0.15, 0.2) is 30.3 Å². The zero-order valence-electron chi connectivity index (χ0n) is 9.70. The van der Waals surface area contributed by atoms with E-state index in [1.807, 2.05) is 36.4 Å². The van der Waals surface area contributed by atoms with Crippen LogP contribution in [0.3, 0.4) is 0 Å². The lowest BCUT2D eigenvalue weighted by Gasteiger charge is -2.04. The third kappa shape index (κ3) is 5.34. The second-order valence-electron chi connectivity index (χ2n) is 3.97. The highest BCUT2D eigenvalue weighted by atomic mass is 35.5. The predicted molar refractivity (Wildman–Crippen MR) is 70.6 cm³/mol. The smallest absolute Gasteiger partial charge is 0.0724 e. The summed E-state index contributed by atoms with van der Waals surface area (Å²) in [4.78, 5) is 0. The molecule has 0 bridgehead atoms. The first kappa shape index (κ1) is 13.3. The molecule has 0 aromatic heterocycles. The third-order valence-electron chi connectivity index (χ3n) is 2.48. The van der Waals surface area contributed by atoms with E-state index < -0.39 is 0 Å². The minimum atomic E-state index is -0.331. The molecule has 1 unspecified atom stereocenters. The van der Waals surface area contributed by atoms with Gasteiger partial charge in [0.2, 0.25) is 0 Å². The molecular weight excluding hydrogens is 220 g/mol. The van der Waals surface area contributed by atoms with Crippen LogP contribution in [0.2, 0.25) is 5.02 Å². The lowest BCUT2D eigenvalue weighted by atomic mass is 10.1. The van der Waals surface area contributed by atoms with Gasteiger partial charge in [-0.3, -0.25) is 0 Å². The van der Waals surface area contributed by atoms with Crippen molar-refractivity contribution in [3.8, 4) is 0 Å². The molecule has 1 aromatic rings. The summed E-state index contributed by atoms with van der Waals surface area (Å²) in [5, 5.41) is 10.4. The van der Waals surface area contributed by atoms with Crippen molar-refractivity contribution >= 4 is 17.7 Å². The van der Waals surface area contributed by atoms with Gasteiger partial charge in [-0.15, -0.1) is 0 Å². The zero-order chi connectivity index (χ0) is 11.8. The van der Waals surface area contributed by atoms with E-state index >= 15 is 0 Å². The van der Waals surface area contributed by atoms with Gasteiger partial charge in [-0.2, -0.15) is 0 Å². The summed E-state index contributed by atoms with van der Waals surface area (Å²) in [6.07, 6.45) is 7.76. The molecule has 0 fully saturated rings. The van der Waals surface area contributed by atoms with Crippen molar-refractivity contribution in [2.24, 2.45) is 0 Å². The maximum absolute atomic E-state index is 9.68. The normalized spacial score (nSPS) is 13.2. The minimum Gasteiger partial charge on any atom is -0.389 e. The summed E-state index contributed by atoms with van der Waals surface area (Å²) in [6.45, 7) is 2.16. The number of rotatable bonds is 6. The van der Waals surface area contributed by atoms with Gasteiger partial charge in [0.1, 0.15) is 0 Å². The van der Waals surface area contributed by atoms with Gasteiger partial charge in [-0.1, -0.05) is 62.1 Å². The van der Waals surface area contributed by atoms with Gasteiger partial charge in [-0.25, -0.2) is 0 Å². The summed E-state index contributed by atoms with van der Waals surface area (Å²) in [5.41, 5.74) is 1.07. The standard InChI is InChI=1S/C14H19ClO/c1-2-3-4-5-14(16)11-8-12-6-9-13(15)10-7-12/h6-11,14,16H,2-5H2,1H3/b11-8+. The van der Waals surface area contributed by atoms with Crippen molar-refractivity contribution in [1.82, 2.24) is 0 Å². The molecule has 0 spiro atoms. The number of hydrogen-bond acceptors (Lipinski definition) is 1. The lowest BCUT2D eigenvalue weighted by molar-refractivity contribution is 0.209. The molecule has 0 aliphatic heterocycles. The minimum absolute atomic E-state index is 0.331. The Morgan fingerprint density at radius 2 is 1.94 bits per heavy atom. The van der Waals surface area contributed by atoms with Gasteiger partial charge in [-0.05, 0) is 24.1 Å². The first-order chi connectivity index (χ1) is 7.72. The Bertz CT molecular complexity index is 316. The van der Waals surface area contributed by atoms with Gasteiger partial charge in [0, 0.05) is 5.02 Å². The summed E-state index contributed by atoms with van der Waals surface area (Å²) in [5.74, 6) is 0. The fourth-order valence-electron chi connectivity index (χ4n) is 1.50. The molecule has 0 saturated heterocycles. The highest BCUT2D eigenvalue weighted by Crippen LogP contribution is 2.12. The molecule has 1 rings (SSSR count). The highest BCUT2D eigenvalue weighted by Gasteiger charge is 1.98. The maximum Gasteiger partial charge on any atom is 0.0724 e. The van der Waals surface area contributed by atoms with Crippen LogP contribution in [0.5, 0.6) is 0 Å². The van der Waals surface area contributed by atoms with Crippen LogP contribution in [0.4, 0.5) is 0 Å². The van der Waals surface area contributed by atoms with Crippen LogP contribution in [-0.2, 0) is 0 Å². The average Bonchev–Trinajstić information content (AvgIpc) is 2.29. The van der Waals surface area contributed by atoms with E-state index in [-0.39, 0.29) is 6.10 Å². The summed E-state index contributed by atoms with van der Waals surface area (Å²) < 4.78 is 0. The Morgan fingerprint density at radius 3 is 2.56 bits per heavy atom. The Balaban J connectivity index is 2.37. The first-order valence-electron chi connectivity index (χ1n) is 5.84. The van der Waals surface area contributed by atoms with Gasteiger partial charge < -0.3 is 5.11 Å². The molecule has 0 aliphatic rings. The number of hydrogen-bond donors (Lipinski definition) is 1. The molecule has 0 saturated carbocycles. The summed E-state index contributed by atoms with van der Waals surface area (Å²) in [7, 11) is 0. The van der Waals surface area contributed by atoms with Gasteiger partial charge in [0.05, 0.1) is 6.10 Å². The fraction of sp³-hybridized carbons (Fsp3) is 0.429. The summed E-state index contributed by atoms with van der Waals surface area (Å²) in [6, 6.07) is 7.59. The molecule has 0 amide bonds. The van der Waals surface area contributed by atoms with E-state index in [0.717, 1.165) is 23.4 Å². The quantitative estimate of drug-likeness (QED) is 0.733. The molecule has 0 radical (unpaired) electrons. The molecule has 1 N–H and O–H groups in total. The molecule has 1 nitrogen and oxygen atoms in total. The van der Waals surface area contributed by atoms with Crippen molar-refractivity contribution in [3.05, 3.63) is 40.9 Å². The first-order valence-corrected chi connectivity index (χ1v) is 6.22. The Morgan fingerprint density at radius 1 is 1.25 bits per heavy atom. The van der Waals surface area contributed by atoms with Crippen LogP contribution in [0.1, 0.15) is 38.2 Å². The molecule has 16 heavy (non-hydrogen) atoms. The second-order valence-corrected chi connectivity index (χ2v) is 4.41. The molecule has 2 heteroatoms.